The quantitative estimate of drug-likeness (QED) is 0.0386. The van der Waals surface area contributed by atoms with Gasteiger partial charge in [-0.25, -0.2) is 0 Å². The Hall–Kier alpha value is -8.23. The highest BCUT2D eigenvalue weighted by molar-refractivity contribution is 7.17. The molecule has 91 heavy (non-hydrogen) atoms. The van der Waals surface area contributed by atoms with Crippen LogP contribution in [0.15, 0.2) is 91.0 Å². The lowest BCUT2D eigenvalue weighted by atomic mass is 9.98. The number of aliphatic hydroxyl groups is 6. The van der Waals surface area contributed by atoms with Crippen molar-refractivity contribution in [2.45, 2.75) is 119 Å². The number of aromatic hydroxyl groups is 1. The number of ether oxygens (including phenoxy) is 3. The van der Waals surface area contributed by atoms with Crippen molar-refractivity contribution in [1.29, 1.82) is 0 Å². The summed E-state index contributed by atoms with van der Waals surface area (Å²) < 4.78 is 16.4. The molecule has 3 aliphatic rings. The van der Waals surface area contributed by atoms with Gasteiger partial charge in [0.25, 0.3) is 5.91 Å². The summed E-state index contributed by atoms with van der Waals surface area (Å²) in [7, 11) is 1.64. The highest BCUT2D eigenvalue weighted by atomic mass is 32.1. The van der Waals surface area contributed by atoms with E-state index in [-0.39, 0.29) is 55.3 Å². The Kier molecular flexibility index (Phi) is 23.9. The van der Waals surface area contributed by atoms with Crippen molar-refractivity contribution >= 4 is 52.7 Å². The summed E-state index contributed by atoms with van der Waals surface area (Å²) in [5, 5.41) is 101. The van der Waals surface area contributed by atoms with Gasteiger partial charge in [0.15, 0.2) is 11.5 Å². The number of phenols is 1. The van der Waals surface area contributed by atoms with Gasteiger partial charge in [-0.2, -0.15) is 0 Å². The second kappa shape index (κ2) is 31.7. The molecule has 0 spiro atoms. The van der Waals surface area contributed by atoms with Crippen molar-refractivity contribution in [3.63, 3.8) is 0 Å². The summed E-state index contributed by atoms with van der Waals surface area (Å²) in [6.45, 7) is 2.19. The molecule has 4 heterocycles. The van der Waals surface area contributed by atoms with Crippen LogP contribution in [-0.4, -0.2) is 230 Å². The summed E-state index contributed by atoms with van der Waals surface area (Å²) in [6.07, 6.45) is -11.1. The van der Waals surface area contributed by atoms with E-state index in [1.54, 1.807) is 19.2 Å². The van der Waals surface area contributed by atoms with Crippen molar-refractivity contribution in [1.82, 2.24) is 46.6 Å². The number of carbonyl (C=O) groups excluding carboxylic acids is 7. The molecule has 3 saturated heterocycles. The molecule has 1 unspecified atom stereocenters. The molecule has 0 radical (unpaired) electrons. The molecule has 3 aliphatic heterocycles. The third kappa shape index (κ3) is 17.2. The Labute approximate surface area is 528 Å². The van der Waals surface area contributed by atoms with Crippen LogP contribution in [0.4, 0.5) is 0 Å². The van der Waals surface area contributed by atoms with E-state index < -0.39 is 152 Å². The zero-order chi connectivity index (χ0) is 65.6. The fourth-order valence-corrected chi connectivity index (χ4v) is 11.8. The monoisotopic (exact) mass is 1280 g/mol. The molecule has 29 heteroatoms. The molecule has 28 nitrogen and oxygen atoms in total. The third-order valence-electron chi connectivity index (χ3n) is 16.0. The first kappa shape index (κ1) is 68.7. The number of benzene rings is 4. The Balaban J connectivity index is 1.05. The predicted molar refractivity (Wildman–Crippen MR) is 329 cm³/mol. The van der Waals surface area contributed by atoms with E-state index in [1.165, 1.54) is 48.6 Å². The van der Waals surface area contributed by atoms with E-state index in [2.05, 4.69) is 36.8 Å². The molecule has 1 aromatic heterocycles. The number of fused-ring (bicyclic) bond motifs is 2. The normalized spacial score (nSPS) is 24.8. The van der Waals surface area contributed by atoms with E-state index >= 15 is 0 Å². The molecule has 8 rings (SSSR count). The van der Waals surface area contributed by atoms with Crippen LogP contribution in [0, 0.1) is 5.92 Å². The van der Waals surface area contributed by atoms with E-state index in [0.717, 1.165) is 45.6 Å². The van der Waals surface area contributed by atoms with Gasteiger partial charge in [-0.3, -0.25) is 33.6 Å². The zero-order valence-electron chi connectivity index (χ0n) is 50.4. The number of β-amino-alcohol motifs (C(OH)–C–C–N with tert-alkyl or cyclic N) is 1. The number of aromatic nitrogens is 2. The number of carbonyl (C=O) groups is 7. The molecule has 5 aromatic rings. The van der Waals surface area contributed by atoms with Crippen molar-refractivity contribution in [2.75, 3.05) is 59.7 Å². The third-order valence-corrected chi connectivity index (χ3v) is 17.0. The predicted octanol–water partition coefficient (Wildman–Crippen LogP) is -1.71. The summed E-state index contributed by atoms with van der Waals surface area (Å²) in [4.78, 5) is 103. The van der Waals surface area contributed by atoms with Crippen molar-refractivity contribution < 1.29 is 83.5 Å². The molecule has 0 saturated carbocycles. The SMILES string of the molecule is COCCCOc1ccc(-c2ccc(-c3nnc(-c4ccc(C(=O)NC5C[C@@H](O)CNC(=O)[C@@H]6[C@@H](O)[C@@H](C)CN6C(=O)[C@H]([C@H](O)CCN)NC(=O)[C@H]([C@H](O)Cc6ccc(O)c(OCCN)c6)NC(=O)[C@@H]6C[C@@H](O)CN6C(=O)[C@H]([C@@H](C)O)NC5=O)cc4)s3)cc2)cc1. The molecule has 7 amide bonds. The number of aliphatic hydroxyl groups excluding tert-OH is 6. The lowest BCUT2D eigenvalue weighted by Gasteiger charge is -2.34. The highest BCUT2D eigenvalue weighted by Gasteiger charge is 2.50. The number of nitrogens with two attached hydrogens (primary N) is 2. The molecule has 0 bridgehead atoms. The van der Waals surface area contributed by atoms with Gasteiger partial charge in [0, 0.05) is 88.2 Å². The van der Waals surface area contributed by atoms with Crippen molar-refractivity contribution in [3.05, 3.63) is 102 Å². The number of rotatable bonds is 20. The summed E-state index contributed by atoms with van der Waals surface area (Å²) in [6, 6.07) is 14.7. The number of nitrogens with one attached hydrogen (secondary N) is 5. The lowest BCUT2D eigenvalue weighted by molar-refractivity contribution is -0.147. The fourth-order valence-electron chi connectivity index (χ4n) is 11.0. The minimum Gasteiger partial charge on any atom is -0.504 e. The number of amides is 7. The first-order valence-electron chi connectivity index (χ1n) is 29.9. The van der Waals surface area contributed by atoms with Crippen LogP contribution in [0.2, 0.25) is 0 Å². The first-order chi connectivity index (χ1) is 43.6. The maximum absolute atomic E-state index is 14.7. The Bertz CT molecular complexity index is 3320. The molecule has 13 atom stereocenters. The number of phenolic OH excluding ortho intramolecular Hbond substituents is 1. The van der Waals surface area contributed by atoms with Crippen molar-refractivity contribution in [2.24, 2.45) is 17.4 Å². The Morgan fingerprint density at radius 2 is 1.31 bits per heavy atom. The van der Waals surface area contributed by atoms with E-state index in [0.29, 0.717) is 28.8 Å². The van der Waals surface area contributed by atoms with Gasteiger partial charge in [0.1, 0.15) is 58.6 Å². The summed E-state index contributed by atoms with van der Waals surface area (Å²) in [5.41, 5.74) is 15.0. The van der Waals surface area contributed by atoms with E-state index in [9.17, 15) is 69.3 Å². The largest absolute Gasteiger partial charge is 0.504 e. The molecule has 0 aliphatic carbocycles. The molecule has 16 N–H and O–H groups in total. The van der Waals surface area contributed by atoms with Crippen LogP contribution in [0.3, 0.4) is 0 Å². The van der Waals surface area contributed by atoms with Crippen LogP contribution < -0.4 is 47.5 Å². The number of methoxy groups -OCH3 is 1. The zero-order valence-corrected chi connectivity index (χ0v) is 51.2. The van der Waals surface area contributed by atoms with Gasteiger partial charge in [-0.05, 0) is 73.0 Å². The Morgan fingerprint density at radius 1 is 0.692 bits per heavy atom. The van der Waals surface area contributed by atoms with Crippen LogP contribution in [-0.2, 0) is 39.9 Å². The molecule has 490 valence electrons. The maximum Gasteiger partial charge on any atom is 0.251 e. The smallest absolute Gasteiger partial charge is 0.251 e. The fraction of sp³-hybridized carbons (Fsp3) is 0.468. The topological polar surface area (TPSA) is 433 Å². The first-order valence-corrected chi connectivity index (χ1v) is 30.7. The second-order valence-electron chi connectivity index (χ2n) is 22.8. The molecular weight excluding hydrogens is 1200 g/mol. The highest BCUT2D eigenvalue weighted by Crippen LogP contribution is 2.33. The van der Waals surface area contributed by atoms with Crippen molar-refractivity contribution in [3.8, 4) is 49.5 Å². The molecular formula is C62H79N11O17S. The summed E-state index contributed by atoms with van der Waals surface area (Å²) >= 11 is 1.31. The van der Waals surface area contributed by atoms with E-state index in [1.807, 2.05) is 48.5 Å². The van der Waals surface area contributed by atoms with Gasteiger partial charge in [0.2, 0.25) is 35.4 Å². The standard InChI is InChI=1S/C62H79N11O17S/c1-32-30-73-52(53(32)80)58(85)65-29-40(75)27-43(66-54(81)37-8-12-39(13-9-37)60-71-70-59(91-60)38-10-6-35(7-11-38)36-14-16-42(17-15-36)89-23-4-22-88-3)55(82)67-49(33(2)74)61(86)72-31-41(76)28-44(72)56(83)68-50(57(84)69-51(62(73)87)46(78)19-20-63)47(79)25-34-5-18-45(77)48(26-34)90-24-21-64/h5-18,26,32-33,40-41,43-44,46-47,49-53,74-80H,4,19-25,27-31,63-64H2,1-3H3,(H,65,85)(H,66,81)(H,67,82)(H,68,83)(H,69,84)/t32-,33+,40+,41+,43?,44-,46+,47+,49-,50-,51-,52-,53-/m0/s1. The number of nitrogens with zero attached hydrogens (tertiary/aromatic N) is 4. The number of hydrogen-bond acceptors (Lipinski definition) is 22. The van der Waals surface area contributed by atoms with Crippen LogP contribution in [0.5, 0.6) is 17.2 Å². The average Bonchev–Trinajstić information content (AvgIpc) is 1.72. The van der Waals surface area contributed by atoms with Crippen LogP contribution >= 0.6 is 11.3 Å². The lowest BCUT2D eigenvalue weighted by Crippen LogP contribution is -2.64. The summed E-state index contributed by atoms with van der Waals surface area (Å²) in [5.74, 6) is -7.94. The van der Waals surface area contributed by atoms with Gasteiger partial charge in [-0.15, -0.1) is 10.2 Å². The van der Waals surface area contributed by atoms with Gasteiger partial charge < -0.3 is 97.8 Å². The van der Waals surface area contributed by atoms with Crippen LogP contribution in [0.1, 0.15) is 55.5 Å². The number of hydrogen-bond donors (Lipinski definition) is 14. The minimum absolute atomic E-state index is 0.00750. The Morgan fingerprint density at radius 3 is 1.95 bits per heavy atom. The van der Waals surface area contributed by atoms with Crippen LogP contribution in [0.25, 0.3) is 32.3 Å². The van der Waals surface area contributed by atoms with Gasteiger partial charge in [-0.1, -0.05) is 72.9 Å². The average molecular weight is 1280 g/mol. The van der Waals surface area contributed by atoms with Gasteiger partial charge in [0.05, 0.1) is 43.2 Å². The van der Waals surface area contributed by atoms with E-state index in [4.69, 9.17) is 25.7 Å². The maximum atomic E-state index is 14.7. The molecule has 4 aromatic carbocycles. The second-order valence-corrected chi connectivity index (χ2v) is 23.8. The molecule has 3 fully saturated rings. The minimum atomic E-state index is -2.05. The van der Waals surface area contributed by atoms with Gasteiger partial charge >= 0.3 is 0 Å².